The number of aromatic nitrogens is 1. The number of carbonyl (C=O) groups is 1. The second kappa shape index (κ2) is 3.77. The molecule has 1 heterocycles. The Hall–Kier alpha value is -1.77. The smallest absolute Gasteiger partial charge is 0.307 e. The summed E-state index contributed by atoms with van der Waals surface area (Å²) in [6.45, 7) is 3.02. The molecule has 0 aliphatic heterocycles. The summed E-state index contributed by atoms with van der Waals surface area (Å²) in [6, 6.07) is 7.82. The normalized spacial score (nSPS) is 10.7. The maximum atomic E-state index is 10.6. The van der Waals surface area contributed by atoms with Crippen LogP contribution in [0.25, 0.3) is 10.9 Å². The van der Waals surface area contributed by atoms with E-state index >= 15 is 0 Å². The van der Waals surface area contributed by atoms with Crippen molar-refractivity contribution in [3.63, 3.8) is 0 Å². The van der Waals surface area contributed by atoms with Crippen molar-refractivity contribution < 1.29 is 9.90 Å². The van der Waals surface area contributed by atoms with Crippen molar-refractivity contribution in [2.45, 2.75) is 19.9 Å². The molecule has 0 aliphatic rings. The lowest BCUT2D eigenvalue weighted by molar-refractivity contribution is -0.136. The van der Waals surface area contributed by atoms with E-state index in [9.17, 15) is 4.79 Å². The molecule has 0 atom stereocenters. The summed E-state index contributed by atoms with van der Waals surface area (Å²) in [5, 5.41) is 9.79. The minimum atomic E-state index is -0.788. The topological polar surface area (TPSA) is 42.2 Å². The van der Waals surface area contributed by atoms with Crippen LogP contribution in [0.4, 0.5) is 0 Å². The Balaban J connectivity index is 2.44. The summed E-state index contributed by atoms with van der Waals surface area (Å²) in [6.07, 6.45) is 2.11. The highest BCUT2D eigenvalue weighted by Gasteiger charge is 2.03. The van der Waals surface area contributed by atoms with Crippen molar-refractivity contribution in [3.8, 4) is 0 Å². The van der Waals surface area contributed by atoms with Gasteiger partial charge >= 0.3 is 5.97 Å². The lowest BCUT2D eigenvalue weighted by atomic mass is 10.1. The van der Waals surface area contributed by atoms with E-state index in [1.54, 1.807) is 0 Å². The molecular weight excluding hydrogens is 190 g/mol. The van der Waals surface area contributed by atoms with Crippen molar-refractivity contribution >= 4 is 16.9 Å². The number of nitrogens with zero attached hydrogens (tertiary/aromatic N) is 1. The van der Waals surface area contributed by atoms with Gasteiger partial charge in [0.05, 0.1) is 6.42 Å². The largest absolute Gasteiger partial charge is 0.481 e. The van der Waals surface area contributed by atoms with Crippen molar-refractivity contribution in [1.29, 1.82) is 0 Å². The Kier molecular flexibility index (Phi) is 2.46. The number of hydrogen-bond donors (Lipinski definition) is 1. The molecule has 3 nitrogen and oxygen atoms in total. The average Bonchev–Trinajstić information content (AvgIpc) is 2.58. The van der Waals surface area contributed by atoms with Gasteiger partial charge < -0.3 is 9.67 Å². The number of carboxylic acids is 1. The van der Waals surface area contributed by atoms with Gasteiger partial charge in [-0.2, -0.15) is 0 Å². The van der Waals surface area contributed by atoms with Gasteiger partial charge in [0.25, 0.3) is 0 Å². The van der Waals surface area contributed by atoms with Gasteiger partial charge in [0, 0.05) is 18.3 Å². The fourth-order valence-corrected chi connectivity index (χ4v) is 1.81. The van der Waals surface area contributed by atoms with Gasteiger partial charge in [-0.25, -0.2) is 0 Å². The molecule has 0 fully saturated rings. The number of carboxylic acid groups (broad SMARTS) is 1. The molecule has 0 spiro atoms. The predicted octanol–water partition coefficient (Wildman–Crippen LogP) is 2.29. The maximum Gasteiger partial charge on any atom is 0.307 e. The second-order valence-corrected chi connectivity index (χ2v) is 3.57. The zero-order valence-electron chi connectivity index (χ0n) is 8.60. The lowest BCUT2D eigenvalue weighted by Crippen LogP contribution is -1.99. The highest BCUT2D eigenvalue weighted by molar-refractivity contribution is 5.82. The standard InChI is InChI=1S/C12H13NO2/c1-2-13-6-5-10-7-9(8-12(14)15)3-4-11(10)13/h3-7H,2,8H2,1H3,(H,14,15). The van der Waals surface area contributed by atoms with Crippen molar-refractivity contribution in [3.05, 3.63) is 36.0 Å². The van der Waals surface area contributed by atoms with E-state index in [4.69, 9.17) is 5.11 Å². The predicted molar refractivity (Wildman–Crippen MR) is 59.0 cm³/mol. The first-order valence-corrected chi connectivity index (χ1v) is 5.00. The summed E-state index contributed by atoms with van der Waals surface area (Å²) in [7, 11) is 0. The van der Waals surface area contributed by atoms with Crippen molar-refractivity contribution in [1.82, 2.24) is 4.57 Å². The summed E-state index contributed by atoms with van der Waals surface area (Å²) in [5.41, 5.74) is 2.01. The first-order chi connectivity index (χ1) is 7.20. The van der Waals surface area contributed by atoms with Crippen molar-refractivity contribution in [2.24, 2.45) is 0 Å². The van der Waals surface area contributed by atoms with Crippen LogP contribution in [-0.2, 0) is 17.8 Å². The van der Waals surface area contributed by atoms with Crippen LogP contribution in [0.5, 0.6) is 0 Å². The van der Waals surface area contributed by atoms with Gasteiger partial charge in [0.15, 0.2) is 0 Å². The van der Waals surface area contributed by atoms with E-state index in [-0.39, 0.29) is 6.42 Å². The fraction of sp³-hybridized carbons (Fsp3) is 0.250. The van der Waals surface area contributed by atoms with E-state index in [0.29, 0.717) is 0 Å². The molecule has 3 heteroatoms. The van der Waals surface area contributed by atoms with E-state index < -0.39 is 5.97 Å². The molecule has 1 aromatic carbocycles. The number of rotatable bonds is 3. The molecular formula is C12H13NO2. The van der Waals surface area contributed by atoms with E-state index in [0.717, 1.165) is 23.0 Å². The molecule has 15 heavy (non-hydrogen) atoms. The molecule has 78 valence electrons. The molecule has 0 radical (unpaired) electrons. The summed E-state index contributed by atoms with van der Waals surface area (Å²) < 4.78 is 2.14. The van der Waals surface area contributed by atoms with E-state index in [2.05, 4.69) is 11.5 Å². The molecule has 2 aromatic rings. The lowest BCUT2D eigenvalue weighted by Gasteiger charge is -2.01. The number of benzene rings is 1. The van der Waals surface area contributed by atoms with Gasteiger partial charge in [-0.15, -0.1) is 0 Å². The number of hydrogen-bond acceptors (Lipinski definition) is 1. The molecule has 0 bridgehead atoms. The van der Waals surface area contributed by atoms with Crippen LogP contribution in [0.1, 0.15) is 12.5 Å². The van der Waals surface area contributed by atoms with Crippen LogP contribution in [0.15, 0.2) is 30.5 Å². The fourth-order valence-electron chi connectivity index (χ4n) is 1.81. The van der Waals surface area contributed by atoms with Crippen LogP contribution >= 0.6 is 0 Å². The molecule has 0 saturated heterocycles. The third-order valence-electron chi connectivity index (χ3n) is 2.53. The van der Waals surface area contributed by atoms with Crippen LogP contribution in [0, 0.1) is 0 Å². The summed E-state index contributed by atoms with van der Waals surface area (Å²) in [4.78, 5) is 10.6. The number of aryl methyl sites for hydroxylation is 1. The van der Waals surface area contributed by atoms with E-state index in [1.165, 1.54) is 0 Å². The number of fused-ring (bicyclic) bond motifs is 1. The monoisotopic (exact) mass is 203 g/mol. The van der Waals surface area contributed by atoms with Crippen LogP contribution in [0.2, 0.25) is 0 Å². The Bertz CT molecular complexity index is 499. The Labute approximate surface area is 87.9 Å². The van der Waals surface area contributed by atoms with Crippen LogP contribution < -0.4 is 0 Å². The van der Waals surface area contributed by atoms with Gasteiger partial charge in [0.1, 0.15) is 0 Å². The Morgan fingerprint density at radius 1 is 1.40 bits per heavy atom. The first-order valence-electron chi connectivity index (χ1n) is 5.00. The summed E-state index contributed by atoms with van der Waals surface area (Å²) >= 11 is 0. The number of aliphatic carboxylic acids is 1. The van der Waals surface area contributed by atoms with Crippen molar-refractivity contribution in [2.75, 3.05) is 0 Å². The first kappa shape index (κ1) is 9.77. The maximum absolute atomic E-state index is 10.6. The second-order valence-electron chi connectivity index (χ2n) is 3.57. The molecule has 1 aromatic heterocycles. The zero-order chi connectivity index (χ0) is 10.8. The minimum absolute atomic E-state index is 0.0905. The molecule has 0 saturated carbocycles. The molecule has 0 aliphatic carbocycles. The third kappa shape index (κ3) is 1.86. The van der Waals surface area contributed by atoms with Gasteiger partial charge in [-0.3, -0.25) is 4.79 Å². The zero-order valence-corrected chi connectivity index (χ0v) is 8.60. The SMILES string of the molecule is CCn1ccc2cc(CC(=O)O)ccc21. The van der Waals surface area contributed by atoms with Crippen LogP contribution in [-0.4, -0.2) is 15.6 Å². The average molecular weight is 203 g/mol. The Morgan fingerprint density at radius 2 is 2.20 bits per heavy atom. The molecule has 0 amide bonds. The Morgan fingerprint density at radius 3 is 2.87 bits per heavy atom. The minimum Gasteiger partial charge on any atom is -0.481 e. The third-order valence-corrected chi connectivity index (χ3v) is 2.53. The van der Waals surface area contributed by atoms with Crippen LogP contribution in [0.3, 0.4) is 0 Å². The molecule has 0 unspecified atom stereocenters. The van der Waals surface area contributed by atoms with Gasteiger partial charge in [-0.1, -0.05) is 6.07 Å². The quantitative estimate of drug-likeness (QED) is 0.831. The summed E-state index contributed by atoms with van der Waals surface area (Å²) in [5.74, 6) is -0.788. The highest BCUT2D eigenvalue weighted by Crippen LogP contribution is 2.17. The molecule has 1 N–H and O–H groups in total. The van der Waals surface area contributed by atoms with Gasteiger partial charge in [0.2, 0.25) is 0 Å². The molecule has 2 rings (SSSR count). The van der Waals surface area contributed by atoms with Gasteiger partial charge in [-0.05, 0) is 36.1 Å². The highest BCUT2D eigenvalue weighted by atomic mass is 16.4. The van der Waals surface area contributed by atoms with E-state index in [1.807, 2.05) is 30.5 Å².